The Morgan fingerprint density at radius 3 is 2.29 bits per heavy atom. The van der Waals surface area contributed by atoms with Crippen LogP contribution in [0.3, 0.4) is 0 Å². The smallest absolute Gasteiger partial charge is 0.390 e. The molecule has 0 saturated heterocycles. The van der Waals surface area contributed by atoms with E-state index in [1.165, 1.54) is 51.9 Å². The molecule has 2 bridgehead atoms. The second-order valence-corrected chi connectivity index (χ2v) is 13.8. The Balaban J connectivity index is 1.54. The standard InChI is InChI=1S/C30H51F3O2/c1-6-29(34)18-14-22-9-8-21(19-29)13-16-27(3)23(22)15-17-28(4)24(10-12-26(27)28)25(35-5)11-7-20(2)30(31,32)33/h20-26,34H,6-19H2,1-5H3/t20-,21+,22+,23-,24?,25-,26+,27-,28-,29+/m1/s1. The van der Waals surface area contributed by atoms with Crippen molar-refractivity contribution in [3.63, 3.8) is 0 Å². The predicted molar refractivity (Wildman–Crippen MR) is 135 cm³/mol. The van der Waals surface area contributed by atoms with Crippen molar-refractivity contribution in [3.8, 4) is 0 Å². The molecule has 4 saturated carbocycles. The maximum absolute atomic E-state index is 13.2. The van der Waals surface area contributed by atoms with Crippen LogP contribution in [0.1, 0.15) is 118 Å². The van der Waals surface area contributed by atoms with Crippen molar-refractivity contribution in [1.29, 1.82) is 0 Å². The maximum atomic E-state index is 13.2. The van der Waals surface area contributed by atoms with Crippen molar-refractivity contribution in [2.75, 3.05) is 7.11 Å². The lowest BCUT2D eigenvalue weighted by atomic mass is 9.46. The number of fused-ring (bicyclic) bond motifs is 7. The first-order valence-electron chi connectivity index (χ1n) is 14.7. The molecule has 4 fully saturated rings. The third-order valence-electron chi connectivity index (χ3n) is 12.2. The van der Waals surface area contributed by atoms with Gasteiger partial charge in [-0.25, -0.2) is 0 Å². The summed E-state index contributed by atoms with van der Waals surface area (Å²) in [5, 5.41) is 11.3. The molecule has 0 amide bonds. The molecule has 0 aromatic heterocycles. The Morgan fingerprint density at radius 1 is 0.914 bits per heavy atom. The molecule has 1 N–H and O–H groups in total. The molecule has 4 aliphatic carbocycles. The number of ether oxygens (including phenoxy) is 1. The number of methoxy groups -OCH3 is 1. The van der Waals surface area contributed by atoms with Gasteiger partial charge in [0.15, 0.2) is 0 Å². The molecule has 0 aromatic carbocycles. The van der Waals surface area contributed by atoms with Crippen LogP contribution in [0, 0.1) is 46.3 Å². The zero-order valence-electron chi connectivity index (χ0n) is 22.9. The average Bonchev–Trinajstić information content (AvgIpc) is 3.14. The molecule has 0 aliphatic heterocycles. The molecule has 2 nitrogen and oxygen atoms in total. The van der Waals surface area contributed by atoms with Crippen LogP contribution in [0.15, 0.2) is 0 Å². The van der Waals surface area contributed by atoms with E-state index in [0.29, 0.717) is 41.4 Å². The number of halogens is 3. The molecule has 4 rings (SSSR count). The summed E-state index contributed by atoms with van der Waals surface area (Å²) >= 11 is 0. The first-order chi connectivity index (χ1) is 16.4. The summed E-state index contributed by atoms with van der Waals surface area (Å²) in [6, 6.07) is 0. The van der Waals surface area contributed by atoms with Gasteiger partial charge in [0, 0.05) is 7.11 Å². The largest absolute Gasteiger partial charge is 0.391 e. The van der Waals surface area contributed by atoms with Gasteiger partial charge in [0.2, 0.25) is 0 Å². The maximum Gasteiger partial charge on any atom is 0.391 e. The van der Waals surface area contributed by atoms with Gasteiger partial charge < -0.3 is 9.84 Å². The van der Waals surface area contributed by atoms with Gasteiger partial charge in [-0.15, -0.1) is 0 Å². The molecular formula is C30H51F3O2. The fraction of sp³-hybridized carbons (Fsp3) is 1.00. The van der Waals surface area contributed by atoms with Gasteiger partial charge in [-0.1, -0.05) is 34.1 Å². The fourth-order valence-corrected chi connectivity index (χ4v) is 9.84. The minimum absolute atomic E-state index is 0.0782. The highest BCUT2D eigenvalue weighted by atomic mass is 19.4. The first kappa shape index (κ1) is 27.7. The highest BCUT2D eigenvalue weighted by Gasteiger charge is 2.61. The molecular weight excluding hydrogens is 449 g/mol. The Morgan fingerprint density at radius 2 is 1.63 bits per heavy atom. The molecule has 0 radical (unpaired) electrons. The summed E-state index contributed by atoms with van der Waals surface area (Å²) < 4.78 is 45.5. The van der Waals surface area contributed by atoms with E-state index in [9.17, 15) is 18.3 Å². The van der Waals surface area contributed by atoms with Gasteiger partial charge in [-0.3, -0.25) is 0 Å². The molecule has 0 aromatic rings. The third-order valence-corrected chi connectivity index (χ3v) is 12.2. The lowest BCUT2D eigenvalue weighted by molar-refractivity contribution is -0.174. The predicted octanol–water partition coefficient (Wildman–Crippen LogP) is 8.56. The van der Waals surface area contributed by atoms with E-state index >= 15 is 0 Å². The minimum Gasteiger partial charge on any atom is -0.390 e. The summed E-state index contributed by atoms with van der Waals surface area (Å²) in [6.45, 7) is 8.50. The Labute approximate surface area is 212 Å². The monoisotopic (exact) mass is 500 g/mol. The fourth-order valence-electron chi connectivity index (χ4n) is 9.84. The van der Waals surface area contributed by atoms with Crippen LogP contribution in [0.25, 0.3) is 0 Å². The zero-order valence-corrected chi connectivity index (χ0v) is 22.9. The van der Waals surface area contributed by atoms with Crippen molar-refractivity contribution in [2.45, 2.75) is 135 Å². The summed E-state index contributed by atoms with van der Waals surface area (Å²) in [7, 11) is 1.71. The Hall–Kier alpha value is -0.290. The lowest BCUT2D eigenvalue weighted by Crippen LogP contribution is -2.53. The lowest BCUT2D eigenvalue weighted by Gasteiger charge is -2.59. The second kappa shape index (κ2) is 10.1. The van der Waals surface area contributed by atoms with Crippen LogP contribution in [-0.4, -0.2) is 30.1 Å². The number of aliphatic hydroxyl groups is 1. The number of rotatable bonds is 6. The quantitative estimate of drug-likeness (QED) is 0.396. The van der Waals surface area contributed by atoms with E-state index in [-0.39, 0.29) is 17.9 Å². The van der Waals surface area contributed by atoms with Crippen LogP contribution >= 0.6 is 0 Å². The van der Waals surface area contributed by atoms with Crippen LogP contribution < -0.4 is 0 Å². The summed E-state index contributed by atoms with van der Waals surface area (Å²) in [5.41, 5.74) is -0.0246. The highest BCUT2D eigenvalue weighted by molar-refractivity contribution is 5.10. The normalized spacial score (nSPS) is 46.0. The zero-order chi connectivity index (χ0) is 25.6. The van der Waals surface area contributed by atoms with E-state index in [0.717, 1.165) is 32.1 Å². The van der Waals surface area contributed by atoms with Crippen molar-refractivity contribution >= 4 is 0 Å². The summed E-state index contributed by atoms with van der Waals surface area (Å²) in [5.74, 6) is 1.76. The molecule has 0 heterocycles. The van der Waals surface area contributed by atoms with Gasteiger partial charge in [0.1, 0.15) is 0 Å². The average molecular weight is 501 g/mol. The van der Waals surface area contributed by atoms with E-state index in [2.05, 4.69) is 20.8 Å². The Kier molecular flexibility index (Phi) is 8.02. The van der Waals surface area contributed by atoms with Crippen molar-refractivity contribution < 1.29 is 23.0 Å². The van der Waals surface area contributed by atoms with E-state index in [4.69, 9.17) is 4.74 Å². The summed E-state index contributed by atoms with van der Waals surface area (Å²) in [4.78, 5) is 0. The SMILES string of the molecule is CC[C@]1(O)CC[C@@H]2CC[C@@H](CC[C@]3(C)[C@@H]2CC[C@]2(C)C([C@@H](CC[C@@H](C)C(F)(F)F)OC)CC[C@@H]32)C1. The molecule has 204 valence electrons. The van der Waals surface area contributed by atoms with Gasteiger partial charge in [-0.2, -0.15) is 13.2 Å². The van der Waals surface area contributed by atoms with Crippen LogP contribution in [0.4, 0.5) is 13.2 Å². The van der Waals surface area contributed by atoms with Gasteiger partial charge >= 0.3 is 6.18 Å². The second-order valence-electron chi connectivity index (χ2n) is 13.8. The van der Waals surface area contributed by atoms with Crippen LogP contribution in [0.2, 0.25) is 0 Å². The topological polar surface area (TPSA) is 29.5 Å². The molecule has 4 aliphatic rings. The van der Waals surface area contributed by atoms with Gasteiger partial charge in [0.25, 0.3) is 0 Å². The molecule has 10 atom stereocenters. The molecule has 0 spiro atoms. The van der Waals surface area contributed by atoms with Crippen LogP contribution in [0.5, 0.6) is 0 Å². The van der Waals surface area contributed by atoms with Crippen molar-refractivity contribution in [2.24, 2.45) is 46.3 Å². The van der Waals surface area contributed by atoms with Gasteiger partial charge in [-0.05, 0) is 124 Å². The van der Waals surface area contributed by atoms with Crippen molar-refractivity contribution in [1.82, 2.24) is 0 Å². The molecule has 1 unspecified atom stereocenters. The molecule has 35 heavy (non-hydrogen) atoms. The van der Waals surface area contributed by atoms with E-state index in [1.807, 2.05) is 0 Å². The van der Waals surface area contributed by atoms with E-state index in [1.54, 1.807) is 7.11 Å². The van der Waals surface area contributed by atoms with Crippen molar-refractivity contribution in [3.05, 3.63) is 0 Å². The van der Waals surface area contributed by atoms with Crippen LogP contribution in [-0.2, 0) is 4.74 Å². The number of alkyl halides is 3. The van der Waals surface area contributed by atoms with E-state index < -0.39 is 17.7 Å². The first-order valence-corrected chi connectivity index (χ1v) is 14.7. The minimum atomic E-state index is -4.12. The molecule has 5 heteroatoms. The number of hydrogen-bond donors (Lipinski definition) is 1. The number of hydrogen-bond acceptors (Lipinski definition) is 2. The highest BCUT2D eigenvalue weighted by Crippen LogP contribution is 2.68. The Bertz CT molecular complexity index is 725. The third kappa shape index (κ3) is 5.20. The van der Waals surface area contributed by atoms with Gasteiger partial charge in [0.05, 0.1) is 17.6 Å². The summed E-state index contributed by atoms with van der Waals surface area (Å²) in [6.07, 6.45) is 10.1.